The van der Waals surface area contributed by atoms with E-state index < -0.39 is 10.1 Å². The Morgan fingerprint density at radius 1 is 1.00 bits per heavy atom. The van der Waals surface area contributed by atoms with Crippen LogP contribution in [-0.4, -0.2) is 50.4 Å². The van der Waals surface area contributed by atoms with E-state index in [9.17, 15) is 17.8 Å². The van der Waals surface area contributed by atoms with Gasteiger partial charge in [0, 0.05) is 5.56 Å². The normalized spacial score (nSPS) is 10.6. The molecule has 3 aromatic carbocycles. The third kappa shape index (κ3) is 6.81. The molecule has 3 rings (SSSR count). The zero-order valence-electron chi connectivity index (χ0n) is 16.5. The van der Waals surface area contributed by atoms with E-state index in [4.69, 9.17) is 4.74 Å². The molecule has 0 saturated heterocycles. The maximum Gasteiger partial charge on any atom is 0.323 e. The standard InChI is InChI=1S/C15H16NO2.C7H8O3S/c1-16(2)11-18-10-15(17)14-9-5-7-12-6-3-4-8-13(12)14;1-6-2-4-7(5-3-6)11(8,9)10/h3-9,11H,10H2,1-2H3;2-5H,1H3,(H,8,9,10)/q+1;/p-1. The second kappa shape index (κ2) is 9.95. The Bertz CT molecular complexity index is 1110. The van der Waals surface area contributed by atoms with Gasteiger partial charge in [-0.1, -0.05) is 60.2 Å². The minimum absolute atomic E-state index is 0.00935. The summed E-state index contributed by atoms with van der Waals surface area (Å²) in [5.41, 5.74) is 1.64. The molecule has 29 heavy (non-hydrogen) atoms. The van der Waals surface area contributed by atoms with E-state index >= 15 is 0 Å². The lowest BCUT2D eigenvalue weighted by molar-refractivity contribution is -0.468. The molecule has 0 atom stereocenters. The van der Waals surface area contributed by atoms with Gasteiger partial charge < -0.3 is 9.29 Å². The largest absolute Gasteiger partial charge is 0.744 e. The van der Waals surface area contributed by atoms with Crippen LogP contribution in [0.2, 0.25) is 0 Å². The molecule has 0 fully saturated rings. The van der Waals surface area contributed by atoms with Gasteiger partial charge in [0.2, 0.25) is 5.78 Å². The van der Waals surface area contributed by atoms with Crippen LogP contribution >= 0.6 is 0 Å². The third-order valence-corrected chi connectivity index (χ3v) is 4.75. The highest BCUT2D eigenvalue weighted by molar-refractivity contribution is 7.85. The molecule has 0 aliphatic rings. The number of Topliss-reactive ketones (excluding diaryl/α,β-unsaturated/α-hetero) is 1. The molecule has 0 saturated carbocycles. The van der Waals surface area contributed by atoms with Crippen molar-refractivity contribution in [3.05, 3.63) is 77.9 Å². The molecule has 0 spiro atoms. The Hall–Kier alpha value is -3.03. The number of hydrogen-bond donors (Lipinski definition) is 0. The van der Waals surface area contributed by atoms with E-state index in [1.807, 2.05) is 63.5 Å². The molecule has 0 aliphatic heterocycles. The van der Waals surface area contributed by atoms with E-state index in [-0.39, 0.29) is 17.3 Å². The number of ether oxygens (including phenoxy) is 1. The zero-order valence-corrected chi connectivity index (χ0v) is 17.3. The first-order valence-corrected chi connectivity index (χ1v) is 10.2. The smallest absolute Gasteiger partial charge is 0.323 e. The Morgan fingerprint density at radius 2 is 1.62 bits per heavy atom. The molecule has 0 aromatic heterocycles. The summed E-state index contributed by atoms with van der Waals surface area (Å²) in [7, 11) is -0.570. The second-order valence-electron chi connectivity index (χ2n) is 6.60. The van der Waals surface area contributed by atoms with Crippen LogP contribution in [0.5, 0.6) is 0 Å². The maximum absolute atomic E-state index is 12.1. The first-order chi connectivity index (χ1) is 13.7. The fourth-order valence-electron chi connectivity index (χ4n) is 2.51. The van der Waals surface area contributed by atoms with Crippen LogP contribution in [0.15, 0.2) is 71.6 Å². The highest BCUT2D eigenvalue weighted by Crippen LogP contribution is 2.18. The van der Waals surface area contributed by atoms with Crippen molar-refractivity contribution in [2.45, 2.75) is 11.8 Å². The van der Waals surface area contributed by atoms with E-state index in [0.29, 0.717) is 5.56 Å². The van der Waals surface area contributed by atoms with Crippen molar-refractivity contribution in [3.63, 3.8) is 0 Å². The van der Waals surface area contributed by atoms with Crippen molar-refractivity contribution < 1.29 is 27.1 Å². The number of benzene rings is 3. The molecule has 3 aromatic rings. The molecule has 0 N–H and O–H groups in total. The molecule has 0 unspecified atom stereocenters. The third-order valence-electron chi connectivity index (χ3n) is 3.90. The Kier molecular flexibility index (Phi) is 7.64. The van der Waals surface area contributed by atoms with E-state index in [0.717, 1.165) is 16.3 Å². The Labute approximate surface area is 170 Å². The first kappa shape index (κ1) is 22.3. The predicted octanol–water partition coefficient (Wildman–Crippen LogP) is 3.24. The molecule has 0 aliphatic carbocycles. The van der Waals surface area contributed by atoms with Gasteiger partial charge in [0.05, 0.1) is 4.90 Å². The minimum atomic E-state index is -4.27. The quantitative estimate of drug-likeness (QED) is 0.211. The van der Waals surface area contributed by atoms with E-state index in [1.165, 1.54) is 18.5 Å². The summed E-state index contributed by atoms with van der Waals surface area (Å²) < 4.78 is 38.1. The number of carbonyl (C=O) groups is 1. The molecule has 152 valence electrons. The summed E-state index contributed by atoms with van der Waals surface area (Å²) >= 11 is 0. The fourth-order valence-corrected chi connectivity index (χ4v) is 2.98. The summed E-state index contributed by atoms with van der Waals surface area (Å²) in [4.78, 5) is 11.9. The molecule has 0 amide bonds. The van der Waals surface area contributed by atoms with Gasteiger partial charge in [0.1, 0.15) is 24.2 Å². The first-order valence-electron chi connectivity index (χ1n) is 8.83. The SMILES string of the molecule is C[N+](C)=COCC(=O)c1cccc2ccccc12.Cc1ccc(S(=O)(=O)[O-])cc1. The van der Waals surface area contributed by atoms with Crippen molar-refractivity contribution in [1.82, 2.24) is 0 Å². The summed E-state index contributed by atoms with van der Waals surface area (Å²) in [5, 5.41) is 2.04. The topological polar surface area (TPSA) is 86.5 Å². The van der Waals surface area contributed by atoms with Gasteiger partial charge in [0.15, 0.2) is 6.61 Å². The van der Waals surface area contributed by atoms with Crippen molar-refractivity contribution in [1.29, 1.82) is 0 Å². The second-order valence-corrected chi connectivity index (χ2v) is 7.98. The number of nitrogens with zero attached hydrogens (tertiary/aromatic N) is 1. The summed E-state index contributed by atoms with van der Waals surface area (Å²) in [6.07, 6.45) is 1.53. The maximum atomic E-state index is 12.1. The average Bonchev–Trinajstić information content (AvgIpc) is 2.67. The van der Waals surface area contributed by atoms with Crippen molar-refractivity contribution in [2.75, 3.05) is 20.7 Å². The summed E-state index contributed by atoms with van der Waals surface area (Å²) in [6, 6.07) is 19.4. The lowest BCUT2D eigenvalue weighted by atomic mass is 10.0. The number of carbonyl (C=O) groups excluding carboxylic acids is 1. The highest BCUT2D eigenvalue weighted by Gasteiger charge is 2.10. The number of ketones is 1. The predicted molar refractivity (Wildman–Crippen MR) is 112 cm³/mol. The number of rotatable bonds is 5. The highest BCUT2D eigenvalue weighted by atomic mass is 32.2. The van der Waals surface area contributed by atoms with Crippen molar-refractivity contribution in [2.24, 2.45) is 0 Å². The Balaban J connectivity index is 0.000000234. The van der Waals surface area contributed by atoms with Gasteiger partial charge in [-0.2, -0.15) is 0 Å². The molecule has 0 radical (unpaired) electrons. The zero-order chi connectivity index (χ0) is 21.4. The van der Waals surface area contributed by atoms with Crippen LogP contribution in [-0.2, 0) is 14.9 Å². The number of fused-ring (bicyclic) bond motifs is 1. The van der Waals surface area contributed by atoms with Gasteiger partial charge in [0.25, 0.3) is 0 Å². The van der Waals surface area contributed by atoms with Gasteiger partial charge in [-0.25, -0.2) is 13.0 Å². The monoisotopic (exact) mass is 413 g/mol. The number of aryl methyl sites for hydroxylation is 1. The molecule has 7 heteroatoms. The van der Waals surface area contributed by atoms with Crippen LogP contribution in [0.1, 0.15) is 15.9 Å². The van der Waals surface area contributed by atoms with Crippen LogP contribution in [0.3, 0.4) is 0 Å². The van der Waals surface area contributed by atoms with Gasteiger partial charge in [-0.3, -0.25) is 4.79 Å². The molecule has 0 bridgehead atoms. The lowest BCUT2D eigenvalue weighted by Crippen LogP contribution is -2.12. The van der Waals surface area contributed by atoms with Gasteiger partial charge >= 0.3 is 6.40 Å². The molecular formula is C22H23NO5S. The number of hydrogen-bond acceptors (Lipinski definition) is 5. The van der Waals surface area contributed by atoms with Crippen LogP contribution in [0.4, 0.5) is 0 Å². The Morgan fingerprint density at radius 3 is 2.24 bits per heavy atom. The summed E-state index contributed by atoms with van der Waals surface area (Å²) in [6.45, 7) is 1.88. The average molecular weight is 413 g/mol. The lowest BCUT2D eigenvalue weighted by Gasteiger charge is -2.05. The summed E-state index contributed by atoms with van der Waals surface area (Å²) in [5.74, 6) is -0.00935. The minimum Gasteiger partial charge on any atom is -0.744 e. The molecule has 0 heterocycles. The van der Waals surface area contributed by atoms with Gasteiger partial charge in [-0.05, 0) is 29.8 Å². The van der Waals surface area contributed by atoms with Crippen LogP contribution in [0, 0.1) is 6.92 Å². The van der Waals surface area contributed by atoms with Gasteiger partial charge in [-0.15, -0.1) is 0 Å². The van der Waals surface area contributed by atoms with Crippen LogP contribution < -0.4 is 0 Å². The van der Waals surface area contributed by atoms with Crippen molar-refractivity contribution in [3.8, 4) is 0 Å². The molecular weight excluding hydrogens is 390 g/mol. The molecule has 6 nitrogen and oxygen atoms in total. The van der Waals surface area contributed by atoms with Crippen LogP contribution in [0.25, 0.3) is 10.8 Å². The fraction of sp³-hybridized carbons (Fsp3) is 0.182. The van der Waals surface area contributed by atoms with Crippen molar-refractivity contribution >= 4 is 33.1 Å². The van der Waals surface area contributed by atoms with E-state index in [2.05, 4.69) is 0 Å². The van der Waals surface area contributed by atoms with E-state index in [1.54, 1.807) is 16.7 Å².